The Labute approximate surface area is 190 Å². The van der Waals surface area contributed by atoms with Crippen molar-refractivity contribution in [3.05, 3.63) is 45.3 Å². The number of nitrogens with zero attached hydrogens (tertiary/aromatic N) is 2. The predicted molar refractivity (Wildman–Crippen MR) is 123 cm³/mol. The first-order valence-corrected chi connectivity index (χ1v) is 12.2. The third-order valence-electron chi connectivity index (χ3n) is 4.97. The molecule has 30 heavy (non-hydrogen) atoms. The highest BCUT2D eigenvalue weighted by molar-refractivity contribution is 7.89. The van der Waals surface area contributed by atoms with E-state index in [0.29, 0.717) is 46.9 Å². The Morgan fingerprint density at radius 1 is 1.17 bits per heavy atom. The molecule has 0 aliphatic carbocycles. The van der Waals surface area contributed by atoms with E-state index in [9.17, 15) is 13.2 Å². The molecule has 1 fully saturated rings. The maximum Gasteiger partial charge on any atom is 0.341 e. The lowest BCUT2D eigenvalue weighted by molar-refractivity contribution is 0.0601. The van der Waals surface area contributed by atoms with E-state index >= 15 is 0 Å². The molecule has 3 rings (SSSR count). The minimum Gasteiger partial charge on any atom is -0.465 e. The number of sulfonamides is 1. The van der Waals surface area contributed by atoms with E-state index in [-0.39, 0.29) is 4.90 Å². The Morgan fingerprint density at radius 2 is 1.77 bits per heavy atom. The average molecular weight is 488 g/mol. The third-order valence-corrected chi connectivity index (χ3v) is 8.62. The maximum absolute atomic E-state index is 12.8. The first-order valence-electron chi connectivity index (χ1n) is 9.15. The van der Waals surface area contributed by atoms with Crippen molar-refractivity contribution in [2.45, 2.75) is 18.7 Å². The molecular formula is C19H22ClN3O4S3. The van der Waals surface area contributed by atoms with Crippen LogP contribution in [0.5, 0.6) is 0 Å². The fourth-order valence-corrected chi connectivity index (χ4v) is 6.07. The smallest absolute Gasteiger partial charge is 0.341 e. The van der Waals surface area contributed by atoms with E-state index in [1.165, 1.54) is 34.9 Å². The van der Waals surface area contributed by atoms with Crippen LogP contribution in [0.25, 0.3) is 0 Å². The summed E-state index contributed by atoms with van der Waals surface area (Å²) in [4.78, 5) is 15.3. The molecule has 1 aromatic heterocycles. The molecule has 2 heterocycles. The number of hydrogen-bond acceptors (Lipinski definition) is 6. The number of thiocarbonyl (C=S) groups is 1. The zero-order valence-corrected chi connectivity index (χ0v) is 20.0. The number of aryl methyl sites for hydroxylation is 1. The van der Waals surface area contributed by atoms with Gasteiger partial charge in [-0.25, -0.2) is 13.2 Å². The largest absolute Gasteiger partial charge is 0.465 e. The van der Waals surface area contributed by atoms with Gasteiger partial charge in [0, 0.05) is 36.1 Å². The van der Waals surface area contributed by atoms with Crippen LogP contribution >= 0.6 is 35.2 Å². The van der Waals surface area contributed by atoms with E-state index < -0.39 is 16.0 Å². The first kappa shape index (κ1) is 23.0. The summed E-state index contributed by atoms with van der Waals surface area (Å²) in [6.45, 7) is 5.29. The number of carbonyl (C=O) groups is 1. The average Bonchev–Trinajstić information content (AvgIpc) is 3.01. The summed E-state index contributed by atoms with van der Waals surface area (Å²) in [5.74, 6) is -0.416. The molecule has 0 amide bonds. The van der Waals surface area contributed by atoms with E-state index in [1.54, 1.807) is 12.1 Å². The molecule has 0 spiro atoms. The van der Waals surface area contributed by atoms with Gasteiger partial charge in [-0.05, 0) is 55.9 Å². The Morgan fingerprint density at radius 3 is 2.33 bits per heavy atom. The number of piperazine rings is 1. The van der Waals surface area contributed by atoms with E-state index in [0.717, 1.165) is 10.4 Å². The van der Waals surface area contributed by atoms with E-state index in [4.69, 9.17) is 28.6 Å². The van der Waals surface area contributed by atoms with Crippen LogP contribution in [-0.4, -0.2) is 62.0 Å². The highest BCUT2D eigenvalue weighted by Gasteiger charge is 2.30. The van der Waals surface area contributed by atoms with Crippen LogP contribution in [0.4, 0.5) is 5.00 Å². The molecule has 1 aliphatic rings. The van der Waals surface area contributed by atoms with E-state index in [1.807, 2.05) is 18.7 Å². The molecule has 1 aliphatic heterocycles. The van der Waals surface area contributed by atoms with Crippen molar-refractivity contribution in [2.75, 3.05) is 38.6 Å². The Bertz CT molecular complexity index is 1060. The molecule has 0 radical (unpaired) electrons. The second-order valence-electron chi connectivity index (χ2n) is 6.75. The molecule has 0 bridgehead atoms. The second-order valence-corrected chi connectivity index (χ2v) is 10.7. The Balaban J connectivity index is 1.67. The molecule has 162 valence electrons. The standard InChI is InChI=1S/C19H22ClN3O4S3/c1-12-13(2)29-17(16(12)18(24)27-3)21-19(28)22-8-10-23(11-9-22)30(25,26)15-6-4-14(20)5-7-15/h4-7H,8-11H2,1-3H3,(H,21,28). The van der Waals surface area contributed by atoms with Gasteiger partial charge in [0.2, 0.25) is 10.0 Å². The SMILES string of the molecule is COC(=O)c1c(NC(=S)N2CCN(S(=O)(=O)c3ccc(Cl)cc3)CC2)sc(C)c1C. The lowest BCUT2D eigenvalue weighted by Crippen LogP contribution is -2.51. The van der Waals surface area contributed by atoms with Crippen LogP contribution in [0, 0.1) is 13.8 Å². The summed E-state index contributed by atoms with van der Waals surface area (Å²) in [6, 6.07) is 6.14. The van der Waals surface area contributed by atoms with Crippen molar-refractivity contribution in [1.82, 2.24) is 9.21 Å². The molecule has 0 saturated carbocycles. The molecule has 2 aromatic rings. The van der Waals surface area contributed by atoms with Crippen LogP contribution in [0.15, 0.2) is 29.2 Å². The lowest BCUT2D eigenvalue weighted by atomic mass is 10.1. The predicted octanol–water partition coefficient (Wildman–Crippen LogP) is 3.51. The number of rotatable bonds is 4. The van der Waals surface area contributed by atoms with Gasteiger partial charge < -0.3 is 15.0 Å². The molecular weight excluding hydrogens is 466 g/mol. The van der Waals surface area contributed by atoms with Crippen molar-refractivity contribution < 1.29 is 17.9 Å². The quantitative estimate of drug-likeness (QED) is 0.522. The van der Waals surface area contributed by atoms with Gasteiger partial charge in [-0.2, -0.15) is 4.31 Å². The summed E-state index contributed by atoms with van der Waals surface area (Å²) < 4.78 is 32.0. The molecule has 0 atom stereocenters. The summed E-state index contributed by atoms with van der Waals surface area (Å²) in [5.41, 5.74) is 1.34. The van der Waals surface area contributed by atoms with Crippen molar-refractivity contribution in [3.8, 4) is 0 Å². The normalized spacial score (nSPS) is 15.1. The minimum atomic E-state index is -3.59. The van der Waals surface area contributed by atoms with Gasteiger partial charge in [-0.3, -0.25) is 0 Å². The van der Waals surface area contributed by atoms with Gasteiger partial charge in [-0.15, -0.1) is 11.3 Å². The number of methoxy groups -OCH3 is 1. The van der Waals surface area contributed by atoms with Crippen LogP contribution in [-0.2, 0) is 14.8 Å². The number of nitrogens with one attached hydrogen (secondary N) is 1. The number of halogens is 1. The summed E-state index contributed by atoms with van der Waals surface area (Å²) in [6.07, 6.45) is 0. The van der Waals surface area contributed by atoms with Gasteiger partial charge in [-0.1, -0.05) is 11.6 Å². The maximum atomic E-state index is 12.8. The van der Waals surface area contributed by atoms with Crippen molar-refractivity contribution in [1.29, 1.82) is 0 Å². The highest BCUT2D eigenvalue weighted by Crippen LogP contribution is 2.33. The summed E-state index contributed by atoms with van der Waals surface area (Å²) in [5, 5.41) is 4.71. The van der Waals surface area contributed by atoms with Crippen LogP contribution in [0.3, 0.4) is 0 Å². The number of esters is 1. The van der Waals surface area contributed by atoms with Gasteiger partial charge in [0.25, 0.3) is 0 Å². The second kappa shape index (κ2) is 9.19. The fourth-order valence-electron chi connectivity index (χ4n) is 3.13. The highest BCUT2D eigenvalue weighted by atomic mass is 35.5. The van der Waals surface area contributed by atoms with Crippen molar-refractivity contribution in [3.63, 3.8) is 0 Å². The summed E-state index contributed by atoms with van der Waals surface area (Å²) in [7, 11) is -2.24. The van der Waals surface area contributed by atoms with E-state index in [2.05, 4.69) is 5.32 Å². The Kier molecular flexibility index (Phi) is 7.03. The Hall–Kier alpha value is -1.72. The van der Waals surface area contributed by atoms with Gasteiger partial charge in [0.1, 0.15) is 5.00 Å². The number of anilines is 1. The van der Waals surface area contributed by atoms with Crippen LogP contribution in [0.1, 0.15) is 20.8 Å². The number of ether oxygens (including phenoxy) is 1. The third kappa shape index (κ3) is 4.62. The van der Waals surface area contributed by atoms with Gasteiger partial charge in [0.15, 0.2) is 5.11 Å². The van der Waals surface area contributed by atoms with Crippen molar-refractivity contribution >= 4 is 61.3 Å². The molecule has 1 saturated heterocycles. The lowest BCUT2D eigenvalue weighted by Gasteiger charge is -2.35. The van der Waals surface area contributed by atoms with Crippen molar-refractivity contribution in [2.24, 2.45) is 0 Å². The number of benzene rings is 1. The fraction of sp³-hybridized carbons (Fsp3) is 0.368. The van der Waals surface area contributed by atoms with Crippen LogP contribution < -0.4 is 5.32 Å². The molecule has 1 aromatic carbocycles. The van der Waals surface area contributed by atoms with Crippen LogP contribution in [0.2, 0.25) is 5.02 Å². The topological polar surface area (TPSA) is 79.0 Å². The molecule has 1 N–H and O–H groups in total. The molecule has 11 heteroatoms. The molecule has 0 unspecified atom stereocenters. The number of thiophene rings is 1. The number of carbonyl (C=O) groups excluding carboxylic acids is 1. The molecule has 7 nitrogen and oxygen atoms in total. The first-order chi connectivity index (χ1) is 14.1. The van der Waals surface area contributed by atoms with Gasteiger partial charge in [0.05, 0.1) is 17.6 Å². The summed E-state index contributed by atoms with van der Waals surface area (Å²) >= 11 is 12.8. The number of hydrogen-bond donors (Lipinski definition) is 1. The zero-order chi connectivity index (χ0) is 22.1. The minimum absolute atomic E-state index is 0.216. The monoisotopic (exact) mass is 487 g/mol. The van der Waals surface area contributed by atoms with Gasteiger partial charge >= 0.3 is 5.97 Å². The zero-order valence-electron chi connectivity index (χ0n) is 16.8.